The Morgan fingerprint density at radius 1 is 0.329 bits per heavy atom. The van der Waals surface area contributed by atoms with Gasteiger partial charge in [-0.2, -0.15) is 0 Å². The van der Waals surface area contributed by atoms with Crippen LogP contribution in [0.5, 0.6) is 0 Å². The van der Waals surface area contributed by atoms with Gasteiger partial charge < -0.3 is 20.3 Å². The molecule has 0 heterocycles. The summed E-state index contributed by atoms with van der Waals surface area (Å²) >= 11 is 0. The molecule has 1 amide bonds. The van der Waals surface area contributed by atoms with Crippen LogP contribution in [0.2, 0.25) is 0 Å². The lowest BCUT2D eigenvalue weighted by atomic mass is 10.0. The number of hydrogen-bond donors (Lipinski definition) is 3. The maximum absolute atomic E-state index is 12.6. The maximum Gasteiger partial charge on any atom is 0.305 e. The van der Waals surface area contributed by atoms with Gasteiger partial charge in [-0.05, 0) is 77.0 Å². The van der Waals surface area contributed by atoms with Crippen molar-refractivity contribution in [1.82, 2.24) is 5.32 Å². The average molecular weight is 1160 g/mol. The lowest BCUT2D eigenvalue weighted by Gasteiger charge is -2.22. The number of allylic oxidation sites excluding steroid dienone is 4. The summed E-state index contributed by atoms with van der Waals surface area (Å²) in [7, 11) is 0. The lowest BCUT2D eigenvalue weighted by molar-refractivity contribution is -0.143. The van der Waals surface area contributed by atoms with E-state index in [9.17, 15) is 19.8 Å². The van der Waals surface area contributed by atoms with Gasteiger partial charge in [0, 0.05) is 12.8 Å². The second-order valence-corrected chi connectivity index (χ2v) is 26.0. The lowest BCUT2D eigenvalue weighted by Crippen LogP contribution is -2.45. The van der Waals surface area contributed by atoms with Gasteiger partial charge in [-0.3, -0.25) is 9.59 Å². The van der Waals surface area contributed by atoms with E-state index in [1.165, 1.54) is 347 Å². The SMILES string of the molecule is CCCCCCCC/C=C\CCCCCCCC(=O)OCCCCCCCCCCCCCC/C=C\CCCCCCCCCCCCCC(=O)NC(CO)C(O)CCCCCCCCCCCCCCCCCCCCCCCCC. The molecule has 0 radical (unpaired) electrons. The first-order valence-corrected chi connectivity index (χ1v) is 37.6. The highest BCUT2D eigenvalue weighted by Crippen LogP contribution is 2.19. The average Bonchev–Trinajstić information content (AvgIpc) is 3.48. The minimum atomic E-state index is -0.666. The Balaban J connectivity index is 3.38. The van der Waals surface area contributed by atoms with E-state index in [2.05, 4.69) is 43.5 Å². The Morgan fingerprint density at radius 3 is 0.866 bits per heavy atom. The monoisotopic (exact) mass is 1150 g/mol. The molecule has 0 saturated carbocycles. The third-order valence-corrected chi connectivity index (χ3v) is 17.7. The third-order valence-electron chi connectivity index (χ3n) is 17.7. The molecular weight excluding hydrogens is 1010 g/mol. The van der Waals surface area contributed by atoms with E-state index in [1.807, 2.05) is 0 Å². The molecule has 0 aliphatic carbocycles. The molecule has 82 heavy (non-hydrogen) atoms. The Kier molecular flexibility index (Phi) is 70.4. The Labute approximate surface area is 513 Å². The zero-order valence-electron chi connectivity index (χ0n) is 55.8. The summed E-state index contributed by atoms with van der Waals surface area (Å²) in [4.78, 5) is 24.6. The van der Waals surface area contributed by atoms with Crippen molar-refractivity contribution in [3.8, 4) is 0 Å². The highest BCUT2D eigenvalue weighted by molar-refractivity contribution is 5.76. The second-order valence-electron chi connectivity index (χ2n) is 26.0. The summed E-state index contributed by atoms with van der Waals surface area (Å²) in [6, 6.07) is -0.543. The molecule has 0 aromatic rings. The van der Waals surface area contributed by atoms with Crippen LogP contribution in [0.15, 0.2) is 24.3 Å². The van der Waals surface area contributed by atoms with Gasteiger partial charge in [0.25, 0.3) is 0 Å². The summed E-state index contributed by atoms with van der Waals surface area (Å²) in [5.74, 6) is -0.0226. The van der Waals surface area contributed by atoms with Gasteiger partial charge in [-0.25, -0.2) is 0 Å². The normalized spacial score (nSPS) is 12.6. The van der Waals surface area contributed by atoms with Crippen molar-refractivity contribution in [1.29, 1.82) is 0 Å². The Hall–Kier alpha value is -1.66. The summed E-state index contributed by atoms with van der Waals surface area (Å²) < 4.78 is 5.49. The van der Waals surface area contributed by atoms with E-state index in [4.69, 9.17) is 4.74 Å². The summed E-state index contributed by atoms with van der Waals surface area (Å²) in [6.45, 7) is 4.99. The molecule has 0 rings (SSSR count). The van der Waals surface area contributed by atoms with E-state index in [-0.39, 0.29) is 18.5 Å². The standard InChI is InChI=1S/C76H147NO5/c1-3-5-7-9-11-13-15-17-19-20-21-22-28-31-34-37-41-44-48-52-56-60-64-68-74(79)73(72-78)77-75(80)69-65-61-57-53-49-45-42-38-35-32-29-26-24-23-25-27-30-33-36-39-43-47-51-55-59-63-67-71-82-76(81)70-66-62-58-54-50-46-40-18-16-14-12-10-8-6-4-2/h18,23-24,40,73-74,78-79H,3-17,19-22,25-39,41-72H2,1-2H3,(H,77,80)/b24-23-,40-18-. The molecule has 2 atom stereocenters. The van der Waals surface area contributed by atoms with E-state index >= 15 is 0 Å². The zero-order chi connectivity index (χ0) is 59.2. The predicted octanol–water partition coefficient (Wildman–Crippen LogP) is 24.5. The molecule has 0 bridgehead atoms. The van der Waals surface area contributed by atoms with Gasteiger partial charge >= 0.3 is 5.97 Å². The van der Waals surface area contributed by atoms with Gasteiger partial charge in [0.05, 0.1) is 25.4 Å². The first kappa shape index (κ1) is 80.3. The fraction of sp³-hybridized carbons (Fsp3) is 0.921. The van der Waals surface area contributed by atoms with Crippen LogP contribution in [0.4, 0.5) is 0 Å². The largest absolute Gasteiger partial charge is 0.466 e. The minimum Gasteiger partial charge on any atom is -0.466 e. The van der Waals surface area contributed by atoms with Crippen molar-refractivity contribution in [3.05, 3.63) is 24.3 Å². The number of unbranched alkanes of at least 4 members (excludes halogenated alkanes) is 56. The number of esters is 1. The van der Waals surface area contributed by atoms with Gasteiger partial charge in [0.15, 0.2) is 0 Å². The van der Waals surface area contributed by atoms with Crippen LogP contribution < -0.4 is 5.32 Å². The molecule has 486 valence electrons. The second kappa shape index (κ2) is 71.8. The molecule has 6 heteroatoms. The summed E-state index contributed by atoms with van der Waals surface area (Å²) in [5.41, 5.74) is 0. The van der Waals surface area contributed by atoms with Crippen molar-refractivity contribution in [2.45, 2.75) is 437 Å². The summed E-state index contributed by atoms with van der Waals surface area (Å²) in [6.07, 6.45) is 91.0. The van der Waals surface area contributed by atoms with Crippen LogP contribution in [0.25, 0.3) is 0 Å². The van der Waals surface area contributed by atoms with Gasteiger partial charge in [0.1, 0.15) is 0 Å². The van der Waals surface area contributed by atoms with Gasteiger partial charge in [0.2, 0.25) is 5.91 Å². The van der Waals surface area contributed by atoms with E-state index in [0.717, 1.165) is 44.9 Å². The van der Waals surface area contributed by atoms with Gasteiger partial charge in [-0.1, -0.05) is 359 Å². The topological polar surface area (TPSA) is 95.9 Å². The van der Waals surface area contributed by atoms with Crippen molar-refractivity contribution < 1.29 is 24.5 Å². The Bertz CT molecular complexity index is 1280. The van der Waals surface area contributed by atoms with E-state index in [0.29, 0.717) is 25.9 Å². The van der Waals surface area contributed by atoms with E-state index < -0.39 is 12.1 Å². The maximum atomic E-state index is 12.6. The number of aliphatic hydroxyl groups is 2. The van der Waals surface area contributed by atoms with Gasteiger partial charge in [-0.15, -0.1) is 0 Å². The molecule has 3 N–H and O–H groups in total. The molecule has 0 aromatic carbocycles. The molecule has 0 aliphatic rings. The molecule has 0 saturated heterocycles. The van der Waals surface area contributed by atoms with E-state index in [1.54, 1.807) is 0 Å². The number of aliphatic hydroxyl groups excluding tert-OH is 2. The first-order chi connectivity index (χ1) is 40.5. The van der Waals surface area contributed by atoms with Crippen LogP contribution in [0.1, 0.15) is 425 Å². The van der Waals surface area contributed by atoms with Crippen molar-refractivity contribution in [3.63, 3.8) is 0 Å². The van der Waals surface area contributed by atoms with Crippen molar-refractivity contribution >= 4 is 11.9 Å². The van der Waals surface area contributed by atoms with Crippen LogP contribution in [-0.4, -0.2) is 47.4 Å². The molecular formula is C76H147NO5. The van der Waals surface area contributed by atoms with Crippen LogP contribution >= 0.6 is 0 Å². The summed E-state index contributed by atoms with van der Waals surface area (Å²) in [5, 5.41) is 23.5. The van der Waals surface area contributed by atoms with Crippen LogP contribution in [0, 0.1) is 0 Å². The number of hydrogen-bond acceptors (Lipinski definition) is 5. The number of nitrogens with one attached hydrogen (secondary N) is 1. The first-order valence-electron chi connectivity index (χ1n) is 37.6. The van der Waals surface area contributed by atoms with Crippen LogP contribution in [-0.2, 0) is 14.3 Å². The smallest absolute Gasteiger partial charge is 0.305 e. The van der Waals surface area contributed by atoms with Crippen molar-refractivity contribution in [2.24, 2.45) is 0 Å². The zero-order valence-corrected chi connectivity index (χ0v) is 55.8. The number of carbonyl (C=O) groups is 2. The fourth-order valence-electron chi connectivity index (χ4n) is 12.0. The highest BCUT2D eigenvalue weighted by Gasteiger charge is 2.20. The Morgan fingerprint density at radius 2 is 0.573 bits per heavy atom. The van der Waals surface area contributed by atoms with Crippen molar-refractivity contribution in [2.75, 3.05) is 13.2 Å². The minimum absolute atomic E-state index is 0.00817. The molecule has 6 nitrogen and oxygen atoms in total. The molecule has 0 fully saturated rings. The fourth-order valence-corrected chi connectivity index (χ4v) is 12.0. The quantitative estimate of drug-likeness (QED) is 0.0320. The number of carbonyl (C=O) groups excluding carboxylic acids is 2. The third kappa shape index (κ3) is 67.5. The number of ether oxygens (including phenoxy) is 1. The highest BCUT2D eigenvalue weighted by atomic mass is 16.5. The molecule has 0 aliphatic heterocycles. The predicted molar refractivity (Wildman–Crippen MR) is 361 cm³/mol. The number of amides is 1. The molecule has 0 aromatic heterocycles. The molecule has 0 spiro atoms. The number of rotatable bonds is 71. The van der Waals surface area contributed by atoms with Crippen LogP contribution in [0.3, 0.4) is 0 Å². The molecule has 2 unspecified atom stereocenters.